The molecular weight excluding hydrogens is 346 g/mol. The Labute approximate surface area is 148 Å². The second kappa shape index (κ2) is 7.40. The molecule has 0 unspecified atom stereocenters. The van der Waals surface area contributed by atoms with Crippen LogP contribution in [0.4, 0.5) is 0 Å². The van der Waals surface area contributed by atoms with Crippen LogP contribution in [0.1, 0.15) is 23.1 Å². The summed E-state index contributed by atoms with van der Waals surface area (Å²) in [6.45, 7) is 5.01. The molecule has 1 aromatic rings. The molecule has 2 saturated heterocycles. The van der Waals surface area contributed by atoms with E-state index < -0.39 is 10.2 Å². The molecule has 10 heteroatoms. The van der Waals surface area contributed by atoms with Gasteiger partial charge in [0, 0.05) is 46.3 Å². The van der Waals surface area contributed by atoms with Gasteiger partial charge in [-0.25, -0.2) is 0 Å². The van der Waals surface area contributed by atoms with Gasteiger partial charge in [-0.15, -0.1) is 0 Å². The Bertz CT molecular complexity index is 718. The van der Waals surface area contributed by atoms with Gasteiger partial charge in [-0.3, -0.25) is 9.48 Å². The molecule has 0 N–H and O–H groups in total. The van der Waals surface area contributed by atoms with Crippen LogP contribution in [0.25, 0.3) is 0 Å². The van der Waals surface area contributed by atoms with Crippen LogP contribution in [0.2, 0.25) is 0 Å². The highest BCUT2D eigenvalue weighted by atomic mass is 32.2. The number of aryl methyl sites for hydroxylation is 2. The lowest BCUT2D eigenvalue weighted by Gasteiger charge is -2.37. The maximum absolute atomic E-state index is 12.7. The Balaban J connectivity index is 1.63. The molecule has 9 nitrogen and oxygen atoms in total. The highest BCUT2D eigenvalue weighted by molar-refractivity contribution is 7.86. The third-order valence-electron chi connectivity index (χ3n) is 4.66. The van der Waals surface area contributed by atoms with E-state index in [1.165, 1.54) is 8.61 Å². The molecule has 2 aliphatic rings. The van der Waals surface area contributed by atoms with E-state index in [0.717, 1.165) is 12.1 Å². The molecule has 2 fully saturated rings. The molecule has 0 spiro atoms. The van der Waals surface area contributed by atoms with Gasteiger partial charge in [0.1, 0.15) is 5.69 Å². The number of carbonyl (C=O) groups excluding carboxylic acids is 1. The molecule has 0 aliphatic carbocycles. The van der Waals surface area contributed by atoms with Gasteiger partial charge in [-0.05, 0) is 12.5 Å². The van der Waals surface area contributed by atoms with Crippen LogP contribution in [-0.2, 0) is 28.4 Å². The van der Waals surface area contributed by atoms with Crippen molar-refractivity contribution in [1.29, 1.82) is 0 Å². The zero-order chi connectivity index (χ0) is 18.0. The number of ether oxygens (including phenoxy) is 1. The maximum atomic E-state index is 12.7. The predicted molar refractivity (Wildman–Crippen MR) is 91.4 cm³/mol. The summed E-state index contributed by atoms with van der Waals surface area (Å²) in [5.74, 6) is -0.0990. The van der Waals surface area contributed by atoms with Crippen LogP contribution >= 0.6 is 0 Å². The Morgan fingerprint density at radius 3 is 2.28 bits per heavy atom. The van der Waals surface area contributed by atoms with E-state index in [2.05, 4.69) is 5.10 Å². The lowest BCUT2D eigenvalue weighted by molar-refractivity contribution is 0.0630. The summed E-state index contributed by atoms with van der Waals surface area (Å²) >= 11 is 0. The first-order valence-corrected chi connectivity index (χ1v) is 9.98. The highest BCUT2D eigenvalue weighted by Gasteiger charge is 2.34. The summed E-state index contributed by atoms with van der Waals surface area (Å²) in [6.07, 6.45) is 0.771. The fourth-order valence-corrected chi connectivity index (χ4v) is 4.69. The molecule has 0 radical (unpaired) electrons. The average Bonchev–Trinajstić information content (AvgIpc) is 3.03. The molecule has 0 atom stereocenters. The summed E-state index contributed by atoms with van der Waals surface area (Å²) in [5.41, 5.74) is 1.42. The summed E-state index contributed by atoms with van der Waals surface area (Å²) in [4.78, 5) is 14.4. The number of carbonyl (C=O) groups is 1. The molecule has 0 aromatic carbocycles. The number of piperazine rings is 1. The molecule has 2 aliphatic heterocycles. The van der Waals surface area contributed by atoms with Crippen molar-refractivity contribution in [1.82, 2.24) is 23.3 Å². The van der Waals surface area contributed by atoms with Crippen molar-refractivity contribution < 1.29 is 17.9 Å². The second-order valence-corrected chi connectivity index (χ2v) is 8.14. The van der Waals surface area contributed by atoms with Gasteiger partial charge in [0.25, 0.3) is 16.1 Å². The zero-order valence-corrected chi connectivity index (χ0v) is 15.5. The molecule has 3 heterocycles. The number of nitrogens with zero attached hydrogens (tertiary/aromatic N) is 5. The lowest BCUT2D eigenvalue weighted by atomic mass is 10.2. The van der Waals surface area contributed by atoms with Gasteiger partial charge in [-0.2, -0.15) is 22.1 Å². The SMILES string of the molecule is CCc1cc(C(=O)N2CCN(S(=O)(=O)N3CCOCC3)CC2)n(C)n1. The molecule has 25 heavy (non-hydrogen) atoms. The normalized spacial score (nSPS) is 20.8. The van der Waals surface area contributed by atoms with Crippen molar-refractivity contribution in [2.24, 2.45) is 7.05 Å². The fraction of sp³-hybridized carbons (Fsp3) is 0.733. The molecule has 0 bridgehead atoms. The van der Waals surface area contributed by atoms with Crippen LogP contribution in [0.15, 0.2) is 6.07 Å². The second-order valence-electron chi connectivity index (χ2n) is 6.21. The van der Waals surface area contributed by atoms with Gasteiger partial charge in [0.2, 0.25) is 0 Å². The van der Waals surface area contributed by atoms with Gasteiger partial charge in [0.15, 0.2) is 0 Å². The smallest absolute Gasteiger partial charge is 0.282 e. The Kier molecular flexibility index (Phi) is 5.42. The van der Waals surface area contributed by atoms with E-state index in [0.29, 0.717) is 58.2 Å². The maximum Gasteiger partial charge on any atom is 0.282 e. The van der Waals surface area contributed by atoms with Crippen molar-refractivity contribution in [2.45, 2.75) is 13.3 Å². The van der Waals surface area contributed by atoms with Crippen LogP contribution in [0.3, 0.4) is 0 Å². The van der Waals surface area contributed by atoms with E-state index in [9.17, 15) is 13.2 Å². The molecular formula is C15H25N5O4S. The molecule has 1 aromatic heterocycles. The van der Waals surface area contributed by atoms with E-state index in [1.54, 1.807) is 22.7 Å². The number of hydrogen-bond donors (Lipinski definition) is 0. The topological polar surface area (TPSA) is 88.0 Å². The van der Waals surface area contributed by atoms with E-state index in [4.69, 9.17) is 4.74 Å². The lowest BCUT2D eigenvalue weighted by Crippen LogP contribution is -2.55. The highest BCUT2D eigenvalue weighted by Crippen LogP contribution is 2.16. The third-order valence-corrected chi connectivity index (χ3v) is 6.70. The molecule has 140 valence electrons. The van der Waals surface area contributed by atoms with Crippen molar-refractivity contribution in [2.75, 3.05) is 52.5 Å². The summed E-state index contributed by atoms with van der Waals surface area (Å²) < 4.78 is 35.1. The Hall–Kier alpha value is -1.49. The predicted octanol–water partition coefficient (Wildman–Crippen LogP) is -0.683. The van der Waals surface area contributed by atoms with Crippen molar-refractivity contribution in [3.63, 3.8) is 0 Å². The van der Waals surface area contributed by atoms with Gasteiger partial charge in [-0.1, -0.05) is 6.92 Å². The monoisotopic (exact) mass is 371 g/mol. The Morgan fingerprint density at radius 2 is 1.72 bits per heavy atom. The molecule has 0 saturated carbocycles. The molecule has 3 rings (SSSR count). The van der Waals surface area contributed by atoms with Gasteiger partial charge < -0.3 is 9.64 Å². The molecule has 1 amide bonds. The minimum absolute atomic E-state index is 0.0990. The van der Waals surface area contributed by atoms with Crippen LogP contribution in [-0.4, -0.2) is 90.1 Å². The largest absolute Gasteiger partial charge is 0.379 e. The van der Waals surface area contributed by atoms with E-state index in [-0.39, 0.29) is 5.91 Å². The average molecular weight is 371 g/mol. The zero-order valence-electron chi connectivity index (χ0n) is 14.7. The quantitative estimate of drug-likeness (QED) is 0.700. The minimum atomic E-state index is -3.48. The summed E-state index contributed by atoms with van der Waals surface area (Å²) in [7, 11) is -1.72. The van der Waals surface area contributed by atoms with Crippen molar-refractivity contribution >= 4 is 16.1 Å². The van der Waals surface area contributed by atoms with E-state index in [1.807, 2.05) is 6.92 Å². The summed E-state index contributed by atoms with van der Waals surface area (Å²) in [5, 5.41) is 4.30. The van der Waals surface area contributed by atoms with Crippen LogP contribution < -0.4 is 0 Å². The van der Waals surface area contributed by atoms with Gasteiger partial charge >= 0.3 is 0 Å². The minimum Gasteiger partial charge on any atom is -0.379 e. The number of hydrogen-bond acceptors (Lipinski definition) is 5. The number of rotatable bonds is 4. The first-order valence-electron chi connectivity index (χ1n) is 8.58. The first-order chi connectivity index (χ1) is 11.9. The van der Waals surface area contributed by atoms with Crippen LogP contribution in [0, 0.1) is 0 Å². The number of morpholine rings is 1. The van der Waals surface area contributed by atoms with Crippen LogP contribution in [0.5, 0.6) is 0 Å². The Morgan fingerprint density at radius 1 is 1.12 bits per heavy atom. The number of amides is 1. The third kappa shape index (κ3) is 3.71. The fourth-order valence-electron chi connectivity index (χ4n) is 3.12. The summed E-state index contributed by atoms with van der Waals surface area (Å²) in [6, 6.07) is 1.80. The van der Waals surface area contributed by atoms with Crippen molar-refractivity contribution in [3.8, 4) is 0 Å². The van der Waals surface area contributed by atoms with Crippen molar-refractivity contribution in [3.05, 3.63) is 17.5 Å². The van der Waals surface area contributed by atoms with E-state index >= 15 is 0 Å². The number of aromatic nitrogens is 2. The standard InChI is InChI=1S/C15H25N5O4S/c1-3-13-12-14(17(2)16-13)15(21)18-4-6-19(7-5-18)25(22,23)20-8-10-24-11-9-20/h12H,3-11H2,1-2H3. The first kappa shape index (κ1) is 18.3. The van der Waals surface area contributed by atoms with Gasteiger partial charge in [0.05, 0.1) is 18.9 Å².